The number of anilines is 1. The zero-order valence-electron chi connectivity index (χ0n) is 10.2. The number of rotatable bonds is 5. The lowest BCUT2D eigenvalue weighted by molar-refractivity contribution is 0.0697. The van der Waals surface area contributed by atoms with Gasteiger partial charge in [0.25, 0.3) is 0 Å². The smallest absolute Gasteiger partial charge is 0.340 e. The van der Waals surface area contributed by atoms with E-state index in [9.17, 15) is 4.79 Å². The van der Waals surface area contributed by atoms with Gasteiger partial charge in [0.1, 0.15) is 10.6 Å². The van der Waals surface area contributed by atoms with E-state index in [2.05, 4.69) is 14.8 Å². The number of carboxylic acid groups (broad SMARTS) is 1. The van der Waals surface area contributed by atoms with Crippen LogP contribution in [-0.2, 0) is 13.5 Å². The Hall–Kier alpha value is -1.89. The van der Waals surface area contributed by atoms with E-state index in [1.54, 1.807) is 11.6 Å². The molecule has 0 saturated carbocycles. The SMILES string of the molecule is Cc1nsc(NCCc2ccn(C)n2)c1C(=O)O. The van der Waals surface area contributed by atoms with Gasteiger partial charge in [-0.15, -0.1) is 0 Å². The van der Waals surface area contributed by atoms with Crippen molar-refractivity contribution >= 4 is 22.5 Å². The van der Waals surface area contributed by atoms with Gasteiger partial charge in [-0.2, -0.15) is 9.47 Å². The minimum Gasteiger partial charge on any atom is -0.478 e. The molecule has 7 heteroatoms. The molecule has 2 aromatic heterocycles. The van der Waals surface area contributed by atoms with Crippen LogP contribution in [-0.4, -0.2) is 31.8 Å². The van der Waals surface area contributed by atoms with Gasteiger partial charge in [0.2, 0.25) is 0 Å². The number of aromatic carboxylic acids is 1. The van der Waals surface area contributed by atoms with Crippen LogP contribution < -0.4 is 5.32 Å². The number of carboxylic acids is 1. The van der Waals surface area contributed by atoms with Gasteiger partial charge in [-0.05, 0) is 24.5 Å². The van der Waals surface area contributed by atoms with Crippen LogP contribution in [0.2, 0.25) is 0 Å². The van der Waals surface area contributed by atoms with Gasteiger partial charge in [-0.1, -0.05) is 0 Å². The first kappa shape index (κ1) is 12.6. The molecule has 6 nitrogen and oxygen atoms in total. The molecule has 0 atom stereocenters. The zero-order valence-corrected chi connectivity index (χ0v) is 11.0. The van der Waals surface area contributed by atoms with E-state index in [1.165, 1.54) is 11.5 Å². The second-order valence-corrected chi connectivity index (χ2v) is 4.71. The van der Waals surface area contributed by atoms with Crippen LogP contribution in [0.5, 0.6) is 0 Å². The highest BCUT2D eigenvalue weighted by Gasteiger charge is 2.16. The fraction of sp³-hybridized carbons (Fsp3) is 0.364. The third-order valence-corrected chi connectivity index (χ3v) is 3.41. The summed E-state index contributed by atoms with van der Waals surface area (Å²) >= 11 is 1.18. The third kappa shape index (κ3) is 2.67. The molecule has 2 N–H and O–H groups in total. The summed E-state index contributed by atoms with van der Waals surface area (Å²) in [6.07, 6.45) is 2.63. The molecule has 2 heterocycles. The second-order valence-electron chi connectivity index (χ2n) is 3.93. The summed E-state index contributed by atoms with van der Waals surface area (Å²) < 4.78 is 5.79. The van der Waals surface area contributed by atoms with Crippen LogP contribution in [0.25, 0.3) is 0 Å². The molecule has 2 aromatic rings. The highest BCUT2D eigenvalue weighted by Crippen LogP contribution is 2.24. The topological polar surface area (TPSA) is 80.0 Å². The minimum absolute atomic E-state index is 0.265. The van der Waals surface area contributed by atoms with Crippen LogP contribution >= 0.6 is 11.5 Å². The average Bonchev–Trinajstić information content (AvgIpc) is 2.86. The van der Waals surface area contributed by atoms with Crippen molar-refractivity contribution in [2.45, 2.75) is 13.3 Å². The number of aromatic nitrogens is 3. The Balaban J connectivity index is 1.96. The number of nitrogens with one attached hydrogen (secondary N) is 1. The van der Waals surface area contributed by atoms with Gasteiger partial charge >= 0.3 is 5.97 Å². The summed E-state index contributed by atoms with van der Waals surface area (Å²) in [5.41, 5.74) is 1.79. The summed E-state index contributed by atoms with van der Waals surface area (Å²) in [5.74, 6) is -0.943. The van der Waals surface area contributed by atoms with E-state index in [4.69, 9.17) is 5.11 Å². The Morgan fingerprint density at radius 2 is 2.39 bits per heavy atom. The molecule has 0 radical (unpaired) electrons. The molecule has 2 rings (SSSR count). The van der Waals surface area contributed by atoms with E-state index >= 15 is 0 Å². The predicted molar refractivity (Wildman–Crippen MR) is 69.2 cm³/mol. The van der Waals surface area contributed by atoms with E-state index < -0.39 is 5.97 Å². The summed E-state index contributed by atoms with van der Waals surface area (Å²) in [4.78, 5) is 11.1. The maximum atomic E-state index is 11.1. The monoisotopic (exact) mass is 266 g/mol. The molecule has 0 spiro atoms. The maximum absolute atomic E-state index is 11.1. The molecule has 0 saturated heterocycles. The van der Waals surface area contributed by atoms with Crippen LogP contribution in [0.4, 0.5) is 5.00 Å². The Morgan fingerprint density at radius 3 is 3.00 bits per heavy atom. The minimum atomic E-state index is -0.943. The average molecular weight is 266 g/mol. The summed E-state index contributed by atoms with van der Waals surface area (Å²) in [6.45, 7) is 2.34. The molecule has 0 unspecified atom stereocenters. The lowest BCUT2D eigenvalue weighted by Crippen LogP contribution is -2.08. The molecule has 0 aromatic carbocycles. The van der Waals surface area contributed by atoms with Gasteiger partial charge < -0.3 is 10.4 Å². The van der Waals surface area contributed by atoms with E-state index in [0.29, 0.717) is 17.2 Å². The molecule has 96 valence electrons. The number of hydrogen-bond acceptors (Lipinski definition) is 5. The van der Waals surface area contributed by atoms with Crippen molar-refractivity contribution in [3.63, 3.8) is 0 Å². The van der Waals surface area contributed by atoms with E-state index in [-0.39, 0.29) is 5.56 Å². The fourth-order valence-corrected chi connectivity index (χ4v) is 2.46. The van der Waals surface area contributed by atoms with E-state index in [1.807, 2.05) is 19.3 Å². The second kappa shape index (κ2) is 5.18. The maximum Gasteiger partial charge on any atom is 0.340 e. The predicted octanol–water partition coefficient (Wildman–Crippen LogP) is 1.54. The highest BCUT2D eigenvalue weighted by atomic mass is 32.1. The molecule has 0 aliphatic rings. The molecular formula is C11H14N4O2S. The largest absolute Gasteiger partial charge is 0.478 e. The zero-order chi connectivity index (χ0) is 13.1. The normalized spacial score (nSPS) is 10.6. The van der Waals surface area contributed by atoms with Gasteiger partial charge in [0, 0.05) is 26.2 Å². The Bertz CT molecular complexity index is 561. The molecule has 0 aliphatic heterocycles. The molecule has 0 fully saturated rings. The van der Waals surface area contributed by atoms with Gasteiger partial charge in [0.15, 0.2) is 0 Å². The summed E-state index contributed by atoms with van der Waals surface area (Å²) in [5, 5.41) is 17.0. The van der Waals surface area contributed by atoms with Crippen molar-refractivity contribution in [1.29, 1.82) is 0 Å². The third-order valence-electron chi connectivity index (χ3n) is 2.51. The van der Waals surface area contributed by atoms with Crippen LogP contribution in [0.15, 0.2) is 12.3 Å². The number of hydrogen-bond donors (Lipinski definition) is 2. The molecule has 0 bridgehead atoms. The first-order chi connectivity index (χ1) is 8.58. The number of aryl methyl sites for hydroxylation is 2. The van der Waals surface area contributed by atoms with Gasteiger partial charge in [-0.3, -0.25) is 4.68 Å². The van der Waals surface area contributed by atoms with Crippen molar-refractivity contribution in [3.05, 3.63) is 29.2 Å². The number of carbonyl (C=O) groups is 1. The van der Waals surface area contributed by atoms with Gasteiger partial charge in [-0.25, -0.2) is 4.79 Å². The fourth-order valence-electron chi connectivity index (χ4n) is 1.64. The van der Waals surface area contributed by atoms with Crippen LogP contribution in [0.3, 0.4) is 0 Å². The Morgan fingerprint density at radius 1 is 1.61 bits per heavy atom. The van der Waals surface area contributed by atoms with Crippen LogP contribution in [0.1, 0.15) is 21.7 Å². The number of nitrogens with zero attached hydrogens (tertiary/aromatic N) is 3. The summed E-state index contributed by atoms with van der Waals surface area (Å²) in [7, 11) is 1.87. The first-order valence-corrected chi connectivity index (χ1v) is 6.27. The van der Waals surface area contributed by atoms with Crippen LogP contribution in [0, 0.1) is 6.92 Å². The molecule has 0 amide bonds. The van der Waals surface area contributed by atoms with Crippen molar-refractivity contribution in [1.82, 2.24) is 14.2 Å². The van der Waals surface area contributed by atoms with E-state index in [0.717, 1.165) is 12.1 Å². The van der Waals surface area contributed by atoms with Crippen molar-refractivity contribution < 1.29 is 9.90 Å². The Labute approximate surface area is 108 Å². The van der Waals surface area contributed by atoms with Crippen molar-refractivity contribution in [2.75, 3.05) is 11.9 Å². The highest BCUT2D eigenvalue weighted by molar-refractivity contribution is 7.10. The first-order valence-electron chi connectivity index (χ1n) is 5.50. The molecule has 18 heavy (non-hydrogen) atoms. The molecular weight excluding hydrogens is 252 g/mol. The van der Waals surface area contributed by atoms with Gasteiger partial charge in [0.05, 0.1) is 11.4 Å². The van der Waals surface area contributed by atoms with Crippen molar-refractivity contribution in [2.24, 2.45) is 7.05 Å². The Kier molecular flexibility index (Phi) is 3.61. The standard InChI is InChI=1S/C11H14N4O2S/c1-7-9(11(16)17)10(18-14-7)12-5-3-8-4-6-15(2)13-8/h4,6,12H,3,5H2,1-2H3,(H,16,17). The summed E-state index contributed by atoms with van der Waals surface area (Å²) in [6, 6.07) is 1.94. The molecule has 0 aliphatic carbocycles. The lowest BCUT2D eigenvalue weighted by Gasteiger charge is -2.03. The van der Waals surface area contributed by atoms with Crippen molar-refractivity contribution in [3.8, 4) is 0 Å². The lowest BCUT2D eigenvalue weighted by atomic mass is 10.2. The quantitative estimate of drug-likeness (QED) is 0.858.